The van der Waals surface area contributed by atoms with E-state index in [9.17, 15) is 4.79 Å². The Bertz CT molecular complexity index is 683. The topological polar surface area (TPSA) is 71.8 Å². The molecule has 0 spiro atoms. The molecule has 0 saturated carbocycles. The molecule has 90 valence electrons. The fraction of sp³-hybridized carbons (Fsp3) is 0.250. The highest BCUT2D eigenvalue weighted by molar-refractivity contribution is 7.99. The number of hydrogen-bond acceptors (Lipinski definition) is 5. The second kappa shape index (κ2) is 4.35. The van der Waals surface area contributed by atoms with Crippen LogP contribution in [0.4, 0.5) is 0 Å². The van der Waals surface area contributed by atoms with E-state index >= 15 is 0 Å². The van der Waals surface area contributed by atoms with Crippen LogP contribution in [0.5, 0.6) is 0 Å². The van der Waals surface area contributed by atoms with Crippen molar-refractivity contribution in [3.05, 3.63) is 34.3 Å². The van der Waals surface area contributed by atoms with Crippen LogP contribution in [0.2, 0.25) is 0 Å². The first-order valence-electron chi connectivity index (χ1n) is 5.53. The van der Waals surface area contributed by atoms with Crippen LogP contribution in [0.3, 0.4) is 0 Å². The molecule has 0 unspecified atom stereocenters. The largest absolute Gasteiger partial charge is 0.463 e. The van der Waals surface area contributed by atoms with E-state index in [1.165, 1.54) is 18.0 Å². The van der Waals surface area contributed by atoms with Gasteiger partial charge in [0, 0.05) is 12.3 Å². The lowest BCUT2D eigenvalue weighted by molar-refractivity contribution is 0.550. The summed E-state index contributed by atoms with van der Waals surface area (Å²) < 4.78 is 6.81. The number of furan rings is 1. The molecule has 3 rings (SSSR count). The zero-order chi connectivity index (χ0) is 12.5. The summed E-state index contributed by atoms with van der Waals surface area (Å²) in [5, 5.41) is 9.81. The van der Waals surface area contributed by atoms with Crippen molar-refractivity contribution in [1.82, 2.24) is 9.55 Å². The van der Waals surface area contributed by atoms with Gasteiger partial charge >= 0.3 is 0 Å². The standard InChI is InChI=1S/C12H9N3O2S/c13-7-8-10(9-3-1-5-17-9)14-12-15(11(8)16)4-2-6-18-12/h1,3,5H,2,4,6H2. The number of nitrogens with zero attached hydrogens (tertiary/aromatic N) is 3. The SMILES string of the molecule is N#Cc1c(-c2ccco2)nc2n(c1=O)CCCS2. The van der Waals surface area contributed by atoms with Crippen LogP contribution in [0.25, 0.3) is 11.5 Å². The molecule has 0 radical (unpaired) electrons. The van der Waals surface area contributed by atoms with Gasteiger partial charge in [0.2, 0.25) is 0 Å². The molecule has 1 aliphatic rings. The lowest BCUT2D eigenvalue weighted by Crippen LogP contribution is -2.28. The van der Waals surface area contributed by atoms with Crippen LogP contribution in [-0.4, -0.2) is 15.3 Å². The first-order chi connectivity index (χ1) is 8.81. The Morgan fingerprint density at radius 3 is 3.17 bits per heavy atom. The molecule has 0 N–H and O–H groups in total. The molecule has 0 fully saturated rings. The van der Waals surface area contributed by atoms with Gasteiger partial charge in [0.05, 0.1) is 6.26 Å². The molecular weight excluding hydrogens is 250 g/mol. The smallest absolute Gasteiger partial charge is 0.272 e. The number of rotatable bonds is 1. The summed E-state index contributed by atoms with van der Waals surface area (Å²) in [5.41, 5.74) is 0.116. The summed E-state index contributed by atoms with van der Waals surface area (Å²) in [7, 11) is 0. The molecule has 2 aromatic rings. The fourth-order valence-electron chi connectivity index (χ4n) is 1.92. The first kappa shape index (κ1) is 11.1. The Kier molecular flexibility index (Phi) is 2.68. The maximum Gasteiger partial charge on any atom is 0.272 e. The zero-order valence-electron chi connectivity index (χ0n) is 9.42. The molecule has 1 aliphatic heterocycles. The second-order valence-corrected chi connectivity index (χ2v) is 4.93. The Hall–Kier alpha value is -2.00. The Labute approximate surface area is 107 Å². The van der Waals surface area contributed by atoms with E-state index in [2.05, 4.69) is 4.98 Å². The average molecular weight is 259 g/mol. The molecule has 0 amide bonds. The molecule has 3 heterocycles. The summed E-state index contributed by atoms with van der Waals surface area (Å²) in [5.74, 6) is 1.40. The third-order valence-corrected chi connectivity index (χ3v) is 3.82. The van der Waals surface area contributed by atoms with Crippen molar-refractivity contribution in [2.75, 3.05) is 5.75 Å². The van der Waals surface area contributed by atoms with E-state index in [-0.39, 0.29) is 11.1 Å². The van der Waals surface area contributed by atoms with Crippen LogP contribution in [-0.2, 0) is 6.54 Å². The number of aromatic nitrogens is 2. The number of fused-ring (bicyclic) bond motifs is 1. The molecule has 0 atom stereocenters. The highest BCUT2D eigenvalue weighted by Crippen LogP contribution is 2.26. The lowest BCUT2D eigenvalue weighted by Gasteiger charge is -2.17. The van der Waals surface area contributed by atoms with Crippen molar-refractivity contribution in [3.63, 3.8) is 0 Å². The van der Waals surface area contributed by atoms with Crippen molar-refractivity contribution in [1.29, 1.82) is 5.26 Å². The Balaban J connectivity index is 2.30. The van der Waals surface area contributed by atoms with Crippen LogP contribution >= 0.6 is 11.8 Å². The minimum absolute atomic E-state index is 0.0520. The number of nitriles is 1. The molecule has 0 aliphatic carbocycles. The molecule has 2 aromatic heterocycles. The predicted octanol–water partition coefficient (Wildman–Crippen LogP) is 1.87. The monoisotopic (exact) mass is 259 g/mol. The molecule has 5 nitrogen and oxygen atoms in total. The van der Waals surface area contributed by atoms with Gasteiger partial charge in [-0.05, 0) is 18.6 Å². The molecule has 0 bridgehead atoms. The third-order valence-electron chi connectivity index (χ3n) is 2.76. The minimum atomic E-state index is -0.277. The van der Waals surface area contributed by atoms with Crippen molar-refractivity contribution >= 4 is 11.8 Å². The summed E-state index contributed by atoms with van der Waals surface area (Å²) in [4.78, 5) is 16.6. The van der Waals surface area contributed by atoms with E-state index in [1.54, 1.807) is 16.7 Å². The van der Waals surface area contributed by atoms with E-state index in [1.807, 2.05) is 6.07 Å². The highest BCUT2D eigenvalue weighted by Gasteiger charge is 2.21. The maximum absolute atomic E-state index is 12.2. The first-order valence-corrected chi connectivity index (χ1v) is 6.51. The van der Waals surface area contributed by atoms with Crippen LogP contribution in [0, 0.1) is 11.3 Å². The van der Waals surface area contributed by atoms with Gasteiger partial charge in [-0.25, -0.2) is 4.98 Å². The zero-order valence-corrected chi connectivity index (χ0v) is 10.2. The molecule has 0 saturated heterocycles. The Morgan fingerprint density at radius 1 is 1.56 bits per heavy atom. The van der Waals surface area contributed by atoms with Gasteiger partial charge in [-0.2, -0.15) is 5.26 Å². The van der Waals surface area contributed by atoms with Gasteiger partial charge in [-0.15, -0.1) is 0 Å². The van der Waals surface area contributed by atoms with Gasteiger partial charge in [0.1, 0.15) is 17.3 Å². The minimum Gasteiger partial charge on any atom is -0.463 e. The van der Waals surface area contributed by atoms with Crippen molar-refractivity contribution in [2.24, 2.45) is 0 Å². The van der Waals surface area contributed by atoms with Crippen LogP contribution < -0.4 is 5.56 Å². The highest BCUT2D eigenvalue weighted by atomic mass is 32.2. The van der Waals surface area contributed by atoms with Gasteiger partial charge in [-0.3, -0.25) is 9.36 Å². The quantitative estimate of drug-likeness (QED) is 0.731. The summed E-state index contributed by atoms with van der Waals surface area (Å²) in [6, 6.07) is 5.35. The average Bonchev–Trinajstić information content (AvgIpc) is 2.92. The Morgan fingerprint density at radius 2 is 2.44 bits per heavy atom. The molecular formula is C12H9N3O2S. The molecule has 0 aromatic carbocycles. The van der Waals surface area contributed by atoms with Gasteiger partial charge < -0.3 is 4.42 Å². The summed E-state index contributed by atoms with van der Waals surface area (Å²) in [6.45, 7) is 0.626. The van der Waals surface area contributed by atoms with Crippen molar-refractivity contribution in [3.8, 4) is 17.5 Å². The summed E-state index contributed by atoms with van der Waals surface area (Å²) in [6.07, 6.45) is 2.42. The summed E-state index contributed by atoms with van der Waals surface area (Å²) >= 11 is 1.53. The molecule has 6 heteroatoms. The van der Waals surface area contributed by atoms with Crippen molar-refractivity contribution in [2.45, 2.75) is 18.1 Å². The number of hydrogen-bond donors (Lipinski definition) is 0. The number of thioether (sulfide) groups is 1. The van der Waals surface area contributed by atoms with Crippen LogP contribution in [0.15, 0.2) is 32.8 Å². The second-order valence-electron chi connectivity index (χ2n) is 3.87. The maximum atomic E-state index is 12.2. The van der Waals surface area contributed by atoms with Crippen molar-refractivity contribution < 1.29 is 4.42 Å². The fourth-order valence-corrected chi connectivity index (χ4v) is 2.86. The third kappa shape index (κ3) is 1.64. The van der Waals surface area contributed by atoms with E-state index in [0.717, 1.165) is 12.2 Å². The van der Waals surface area contributed by atoms with Crippen LogP contribution in [0.1, 0.15) is 12.0 Å². The van der Waals surface area contributed by atoms with E-state index in [0.29, 0.717) is 23.2 Å². The van der Waals surface area contributed by atoms with E-state index in [4.69, 9.17) is 9.68 Å². The van der Waals surface area contributed by atoms with E-state index < -0.39 is 0 Å². The van der Waals surface area contributed by atoms with Gasteiger partial charge in [-0.1, -0.05) is 11.8 Å². The normalized spacial score (nSPS) is 13.9. The van der Waals surface area contributed by atoms with Gasteiger partial charge in [0.15, 0.2) is 10.9 Å². The molecule has 18 heavy (non-hydrogen) atoms. The van der Waals surface area contributed by atoms with Gasteiger partial charge in [0.25, 0.3) is 5.56 Å². The predicted molar refractivity (Wildman–Crippen MR) is 66.3 cm³/mol. The lowest BCUT2D eigenvalue weighted by atomic mass is 10.2.